The summed E-state index contributed by atoms with van der Waals surface area (Å²) in [5, 5.41) is 9.14. The van der Waals surface area contributed by atoms with Crippen LogP contribution in [0.2, 0.25) is 0 Å². The number of hydrogen-bond donors (Lipinski definition) is 1. The van der Waals surface area contributed by atoms with Gasteiger partial charge >= 0.3 is 5.97 Å². The minimum Gasteiger partial charge on any atom is -0.490 e. The average Bonchev–Trinajstić information content (AvgIpc) is 2.64. The molecular formula is C22H20I2O4. The van der Waals surface area contributed by atoms with Gasteiger partial charge in [-0.3, -0.25) is 0 Å². The number of carboxylic acids is 1. The number of carboxylic acid groups (broad SMARTS) is 1. The van der Waals surface area contributed by atoms with E-state index in [0.29, 0.717) is 19.6 Å². The lowest BCUT2D eigenvalue weighted by Gasteiger charge is -2.12. The number of allylic oxidation sites excluding steroid dienone is 1. The zero-order valence-corrected chi connectivity index (χ0v) is 19.6. The van der Waals surface area contributed by atoms with E-state index in [1.54, 1.807) is 13.0 Å². The Bertz CT molecular complexity index is 859. The lowest BCUT2D eigenvalue weighted by Crippen LogP contribution is -2.26. The third-order valence-electron chi connectivity index (χ3n) is 3.61. The molecule has 6 heteroatoms. The molecule has 2 aromatic carbocycles. The Morgan fingerprint density at radius 1 is 1.18 bits per heavy atom. The largest absolute Gasteiger partial charge is 0.490 e. The molecule has 0 bridgehead atoms. The van der Waals surface area contributed by atoms with Crippen molar-refractivity contribution in [2.75, 3.05) is 13.2 Å². The highest BCUT2D eigenvalue weighted by Crippen LogP contribution is 2.15. The number of hydrogen-bond acceptors (Lipinski definition) is 3. The van der Waals surface area contributed by atoms with Crippen LogP contribution < -0.4 is 4.74 Å². The molecule has 0 saturated carbocycles. The molecule has 2 aromatic rings. The number of aliphatic carboxylic acids is 1. The van der Waals surface area contributed by atoms with Crippen molar-refractivity contribution in [1.29, 1.82) is 0 Å². The van der Waals surface area contributed by atoms with E-state index in [9.17, 15) is 4.79 Å². The SMILES string of the molecule is CCOC(Cc1ccc(OCC=CC#Cc2cc(I)cc(I)c2)cc1)C(=O)O. The van der Waals surface area contributed by atoms with Gasteiger partial charge in [0.05, 0.1) is 0 Å². The molecule has 0 aromatic heterocycles. The van der Waals surface area contributed by atoms with Gasteiger partial charge in [-0.2, -0.15) is 0 Å². The summed E-state index contributed by atoms with van der Waals surface area (Å²) >= 11 is 4.56. The van der Waals surface area contributed by atoms with Gasteiger partial charge in [0.2, 0.25) is 0 Å². The number of halogens is 2. The first kappa shape index (κ1) is 22.7. The summed E-state index contributed by atoms with van der Waals surface area (Å²) in [5.74, 6) is 5.89. The Morgan fingerprint density at radius 2 is 1.86 bits per heavy atom. The molecule has 0 spiro atoms. The monoisotopic (exact) mass is 602 g/mol. The smallest absolute Gasteiger partial charge is 0.333 e. The van der Waals surface area contributed by atoms with Gasteiger partial charge in [-0.05, 0) is 100 Å². The van der Waals surface area contributed by atoms with E-state index in [0.717, 1.165) is 16.9 Å². The van der Waals surface area contributed by atoms with Crippen LogP contribution in [0.25, 0.3) is 0 Å². The summed E-state index contributed by atoms with van der Waals surface area (Å²) in [6.45, 7) is 2.57. The quantitative estimate of drug-likeness (QED) is 0.345. The lowest BCUT2D eigenvalue weighted by atomic mass is 10.1. The van der Waals surface area contributed by atoms with E-state index in [1.807, 2.05) is 42.5 Å². The average molecular weight is 602 g/mol. The fourth-order valence-electron chi connectivity index (χ4n) is 2.36. The van der Waals surface area contributed by atoms with E-state index < -0.39 is 12.1 Å². The zero-order chi connectivity index (χ0) is 20.4. The first-order chi connectivity index (χ1) is 13.5. The van der Waals surface area contributed by atoms with Gasteiger partial charge in [0.15, 0.2) is 6.10 Å². The fourth-order valence-corrected chi connectivity index (χ4v) is 4.29. The standard InChI is InChI=1S/C22H20I2O4/c1-2-27-21(22(25)26)14-16-7-9-20(10-8-16)28-11-5-3-4-6-17-12-18(23)15-19(24)13-17/h3,5,7-10,12-13,15,21H,2,11,14H2,1H3,(H,25,26). The number of rotatable bonds is 8. The van der Waals surface area contributed by atoms with Crippen molar-refractivity contribution < 1.29 is 19.4 Å². The Morgan fingerprint density at radius 3 is 2.46 bits per heavy atom. The molecule has 0 aliphatic rings. The van der Waals surface area contributed by atoms with Gasteiger partial charge in [0.25, 0.3) is 0 Å². The Balaban J connectivity index is 1.82. The van der Waals surface area contributed by atoms with Crippen LogP contribution in [0.3, 0.4) is 0 Å². The van der Waals surface area contributed by atoms with Crippen LogP contribution in [0.5, 0.6) is 5.75 Å². The van der Waals surface area contributed by atoms with Crippen molar-refractivity contribution in [2.45, 2.75) is 19.4 Å². The molecule has 28 heavy (non-hydrogen) atoms. The number of carbonyl (C=O) groups is 1. The van der Waals surface area contributed by atoms with E-state index in [4.69, 9.17) is 14.6 Å². The van der Waals surface area contributed by atoms with Crippen molar-refractivity contribution in [1.82, 2.24) is 0 Å². The van der Waals surface area contributed by atoms with E-state index in [1.165, 1.54) is 7.14 Å². The maximum absolute atomic E-state index is 11.1. The summed E-state index contributed by atoms with van der Waals surface area (Å²) in [4.78, 5) is 11.1. The second-order valence-electron chi connectivity index (χ2n) is 5.77. The van der Waals surface area contributed by atoms with Crippen LogP contribution in [0.4, 0.5) is 0 Å². The first-order valence-corrected chi connectivity index (χ1v) is 10.8. The Kier molecular flexibility index (Phi) is 9.81. The summed E-state index contributed by atoms with van der Waals surface area (Å²) in [6, 6.07) is 13.5. The van der Waals surface area contributed by atoms with E-state index in [2.05, 4.69) is 63.1 Å². The molecule has 0 aliphatic heterocycles. The summed E-state index contributed by atoms with van der Waals surface area (Å²) in [6.07, 6.45) is 3.14. The van der Waals surface area contributed by atoms with Crippen LogP contribution in [0, 0.1) is 19.0 Å². The number of benzene rings is 2. The topological polar surface area (TPSA) is 55.8 Å². The molecule has 1 unspecified atom stereocenters. The van der Waals surface area contributed by atoms with Crippen molar-refractivity contribution >= 4 is 51.2 Å². The van der Waals surface area contributed by atoms with Gasteiger partial charge in [0.1, 0.15) is 12.4 Å². The first-order valence-electron chi connectivity index (χ1n) is 8.66. The predicted octanol–water partition coefficient (Wildman–Crippen LogP) is 4.91. The van der Waals surface area contributed by atoms with Crippen molar-refractivity contribution in [3.63, 3.8) is 0 Å². The molecule has 0 saturated heterocycles. The molecule has 0 aliphatic carbocycles. The van der Waals surface area contributed by atoms with Gasteiger partial charge in [-0.15, -0.1) is 0 Å². The van der Waals surface area contributed by atoms with Crippen molar-refractivity contribution in [3.8, 4) is 17.6 Å². The normalized spacial score (nSPS) is 11.7. The highest BCUT2D eigenvalue weighted by atomic mass is 127. The van der Waals surface area contributed by atoms with Gasteiger partial charge in [0, 0.05) is 25.7 Å². The third kappa shape index (κ3) is 8.20. The van der Waals surface area contributed by atoms with Crippen molar-refractivity contribution in [3.05, 3.63) is 72.9 Å². The van der Waals surface area contributed by atoms with Crippen LogP contribution >= 0.6 is 45.2 Å². The minimum absolute atomic E-state index is 0.330. The fraction of sp³-hybridized carbons (Fsp3) is 0.227. The molecule has 0 amide bonds. The number of ether oxygens (including phenoxy) is 2. The predicted molar refractivity (Wildman–Crippen MR) is 127 cm³/mol. The lowest BCUT2D eigenvalue weighted by molar-refractivity contribution is -0.149. The van der Waals surface area contributed by atoms with Crippen LogP contribution in [-0.2, 0) is 16.0 Å². The zero-order valence-electron chi connectivity index (χ0n) is 15.3. The maximum atomic E-state index is 11.1. The van der Waals surface area contributed by atoms with Crippen LogP contribution in [-0.4, -0.2) is 30.4 Å². The second kappa shape index (κ2) is 12.1. The van der Waals surface area contributed by atoms with Gasteiger partial charge < -0.3 is 14.6 Å². The van der Waals surface area contributed by atoms with Crippen molar-refractivity contribution in [2.24, 2.45) is 0 Å². The molecule has 0 fully saturated rings. The Labute approximate surface area is 192 Å². The maximum Gasteiger partial charge on any atom is 0.333 e. The van der Waals surface area contributed by atoms with Gasteiger partial charge in [-0.25, -0.2) is 4.79 Å². The summed E-state index contributed by atoms with van der Waals surface area (Å²) in [5.41, 5.74) is 1.88. The molecular weight excluding hydrogens is 582 g/mol. The third-order valence-corrected chi connectivity index (χ3v) is 4.86. The second-order valence-corrected chi connectivity index (χ2v) is 8.26. The highest BCUT2D eigenvalue weighted by Gasteiger charge is 2.17. The molecule has 1 N–H and O–H groups in total. The van der Waals surface area contributed by atoms with E-state index >= 15 is 0 Å². The summed E-state index contributed by atoms with van der Waals surface area (Å²) < 4.78 is 13.2. The molecule has 1 atom stereocenters. The van der Waals surface area contributed by atoms with Crippen LogP contribution in [0.1, 0.15) is 18.1 Å². The molecule has 2 rings (SSSR count). The molecule has 0 heterocycles. The molecule has 0 radical (unpaired) electrons. The minimum atomic E-state index is -0.951. The molecule has 4 nitrogen and oxygen atoms in total. The molecule has 146 valence electrons. The Hall–Kier alpha value is -1.57. The highest BCUT2D eigenvalue weighted by molar-refractivity contribution is 14.1. The van der Waals surface area contributed by atoms with E-state index in [-0.39, 0.29) is 0 Å². The van der Waals surface area contributed by atoms with Gasteiger partial charge in [-0.1, -0.05) is 24.0 Å². The van der Waals surface area contributed by atoms with Crippen LogP contribution in [0.15, 0.2) is 54.6 Å². The summed E-state index contributed by atoms with van der Waals surface area (Å²) in [7, 11) is 0.